The molecule has 0 N–H and O–H groups in total. The van der Waals surface area contributed by atoms with Crippen LogP contribution < -0.4 is 0 Å². The Morgan fingerprint density at radius 3 is 2.84 bits per heavy atom. The van der Waals surface area contributed by atoms with Gasteiger partial charge in [0, 0.05) is 33.1 Å². The zero-order chi connectivity index (χ0) is 16.8. The minimum absolute atomic E-state index is 0.640. The third kappa shape index (κ3) is 3.41. The summed E-state index contributed by atoms with van der Waals surface area (Å²) >= 11 is 7.00. The zero-order valence-electron chi connectivity index (χ0n) is 13.6. The standard InChI is InChI=1S/C18H17BrN4S2/c19-13-3-1-2-12(8-13)17-20-14(9-24-17)10-25-18-22-21-16(11-4-5-11)23(18)15-6-7-15/h1-3,8-9,11,15H,4-7,10H2. The molecular formula is C18H17BrN4S2. The molecule has 0 aliphatic heterocycles. The van der Waals surface area contributed by atoms with Gasteiger partial charge in [-0.15, -0.1) is 21.5 Å². The van der Waals surface area contributed by atoms with Crippen molar-refractivity contribution >= 4 is 39.0 Å². The molecule has 1 aromatic carbocycles. The van der Waals surface area contributed by atoms with Gasteiger partial charge in [-0.05, 0) is 37.8 Å². The van der Waals surface area contributed by atoms with Crippen LogP contribution >= 0.6 is 39.0 Å². The van der Waals surface area contributed by atoms with Gasteiger partial charge in [0.05, 0.1) is 5.69 Å². The van der Waals surface area contributed by atoms with Gasteiger partial charge in [0.2, 0.25) is 0 Å². The first-order valence-corrected chi connectivity index (χ1v) is 11.2. The largest absolute Gasteiger partial charge is 0.303 e. The molecule has 0 radical (unpaired) electrons. The van der Waals surface area contributed by atoms with Gasteiger partial charge in [-0.25, -0.2) is 4.98 Å². The van der Waals surface area contributed by atoms with E-state index in [1.54, 1.807) is 23.1 Å². The van der Waals surface area contributed by atoms with Crippen LogP contribution in [0, 0.1) is 0 Å². The molecule has 0 saturated heterocycles. The topological polar surface area (TPSA) is 43.6 Å². The Hall–Kier alpha value is -1.18. The molecule has 128 valence electrons. The molecule has 0 amide bonds. The molecule has 5 rings (SSSR count). The zero-order valence-corrected chi connectivity index (χ0v) is 16.8. The quantitative estimate of drug-likeness (QED) is 0.470. The van der Waals surface area contributed by atoms with Gasteiger partial charge in [0.1, 0.15) is 10.8 Å². The molecule has 2 aliphatic carbocycles. The van der Waals surface area contributed by atoms with Gasteiger partial charge >= 0.3 is 0 Å². The molecule has 2 aromatic heterocycles. The Morgan fingerprint density at radius 1 is 1.20 bits per heavy atom. The first-order chi connectivity index (χ1) is 12.3. The number of hydrogen-bond donors (Lipinski definition) is 0. The van der Waals surface area contributed by atoms with Crippen molar-refractivity contribution in [2.75, 3.05) is 0 Å². The van der Waals surface area contributed by atoms with Gasteiger partial charge in [-0.1, -0.05) is 39.8 Å². The van der Waals surface area contributed by atoms with E-state index in [4.69, 9.17) is 4.98 Å². The van der Waals surface area contributed by atoms with Crippen LogP contribution in [0.3, 0.4) is 0 Å². The Kier molecular flexibility index (Phi) is 4.18. The number of rotatable bonds is 6. The third-order valence-corrected chi connectivity index (χ3v) is 6.93. The van der Waals surface area contributed by atoms with Crippen molar-refractivity contribution in [3.8, 4) is 10.6 Å². The van der Waals surface area contributed by atoms with E-state index in [1.807, 2.05) is 12.1 Å². The highest BCUT2D eigenvalue weighted by Gasteiger charge is 2.36. The van der Waals surface area contributed by atoms with Crippen LogP contribution in [0.25, 0.3) is 10.6 Å². The highest BCUT2D eigenvalue weighted by Crippen LogP contribution is 2.46. The van der Waals surface area contributed by atoms with Crippen LogP contribution in [0.15, 0.2) is 39.3 Å². The lowest BCUT2D eigenvalue weighted by molar-refractivity contribution is 0.627. The number of hydrogen-bond acceptors (Lipinski definition) is 5. The van der Waals surface area contributed by atoms with Crippen molar-refractivity contribution in [2.45, 2.75) is 48.6 Å². The van der Waals surface area contributed by atoms with E-state index in [9.17, 15) is 0 Å². The second-order valence-electron chi connectivity index (χ2n) is 6.66. The van der Waals surface area contributed by atoms with Crippen LogP contribution in [0.4, 0.5) is 0 Å². The predicted octanol–water partition coefficient (Wildman–Crippen LogP) is 5.67. The molecule has 2 fully saturated rings. The van der Waals surface area contributed by atoms with Crippen molar-refractivity contribution in [2.24, 2.45) is 0 Å². The molecule has 0 bridgehead atoms. The summed E-state index contributed by atoms with van der Waals surface area (Å²) < 4.78 is 3.49. The van der Waals surface area contributed by atoms with Crippen LogP contribution in [-0.2, 0) is 5.75 Å². The van der Waals surface area contributed by atoms with Crippen LogP contribution in [0.5, 0.6) is 0 Å². The Labute approximate surface area is 163 Å². The Morgan fingerprint density at radius 2 is 2.08 bits per heavy atom. The number of benzene rings is 1. The average Bonchev–Trinajstić information content (AvgIpc) is 3.55. The predicted molar refractivity (Wildman–Crippen MR) is 105 cm³/mol. The Bertz CT molecular complexity index is 911. The lowest BCUT2D eigenvalue weighted by Gasteiger charge is -2.07. The van der Waals surface area contributed by atoms with E-state index in [2.05, 4.69) is 48.2 Å². The summed E-state index contributed by atoms with van der Waals surface area (Å²) in [6.07, 6.45) is 5.10. The van der Waals surface area contributed by atoms with Crippen molar-refractivity contribution < 1.29 is 0 Å². The van der Waals surface area contributed by atoms with Gasteiger partial charge < -0.3 is 4.57 Å². The monoisotopic (exact) mass is 432 g/mol. The lowest BCUT2D eigenvalue weighted by atomic mass is 10.2. The molecule has 25 heavy (non-hydrogen) atoms. The molecule has 7 heteroatoms. The second-order valence-corrected chi connectivity index (χ2v) is 9.38. The Balaban J connectivity index is 1.32. The average molecular weight is 433 g/mol. The first kappa shape index (κ1) is 16.0. The van der Waals surface area contributed by atoms with Crippen molar-refractivity contribution in [3.63, 3.8) is 0 Å². The molecule has 2 heterocycles. The fourth-order valence-electron chi connectivity index (χ4n) is 2.95. The fraction of sp³-hybridized carbons (Fsp3) is 0.389. The molecular weight excluding hydrogens is 416 g/mol. The first-order valence-electron chi connectivity index (χ1n) is 8.56. The summed E-state index contributed by atoms with van der Waals surface area (Å²) in [7, 11) is 0. The third-order valence-electron chi connectivity index (χ3n) is 4.52. The molecule has 0 unspecified atom stereocenters. The van der Waals surface area contributed by atoms with Gasteiger partial charge in [-0.2, -0.15) is 0 Å². The second kappa shape index (κ2) is 6.52. The van der Waals surface area contributed by atoms with Gasteiger partial charge in [0.25, 0.3) is 0 Å². The summed E-state index contributed by atoms with van der Waals surface area (Å²) in [6, 6.07) is 8.94. The number of thiazole rings is 1. The minimum Gasteiger partial charge on any atom is -0.303 e. The number of thioether (sulfide) groups is 1. The van der Waals surface area contributed by atoms with E-state index < -0.39 is 0 Å². The smallest absolute Gasteiger partial charge is 0.191 e. The summed E-state index contributed by atoms with van der Waals surface area (Å²) in [4.78, 5) is 4.80. The van der Waals surface area contributed by atoms with E-state index in [1.165, 1.54) is 31.5 Å². The number of halogens is 1. The SMILES string of the molecule is Brc1cccc(-c2nc(CSc3nnc(C4CC4)n3C3CC3)cs2)c1. The number of nitrogens with zero attached hydrogens (tertiary/aromatic N) is 4. The van der Waals surface area contributed by atoms with Gasteiger partial charge in [-0.3, -0.25) is 0 Å². The van der Waals surface area contributed by atoms with E-state index >= 15 is 0 Å². The molecule has 2 saturated carbocycles. The summed E-state index contributed by atoms with van der Waals surface area (Å²) in [6.45, 7) is 0. The van der Waals surface area contributed by atoms with Crippen molar-refractivity contribution in [1.29, 1.82) is 0 Å². The molecule has 0 spiro atoms. The summed E-state index contributed by atoms with van der Waals surface area (Å²) in [5.41, 5.74) is 2.27. The maximum atomic E-state index is 4.80. The maximum absolute atomic E-state index is 4.80. The molecule has 0 atom stereocenters. The van der Waals surface area contributed by atoms with E-state index in [-0.39, 0.29) is 0 Å². The number of aromatic nitrogens is 4. The highest BCUT2D eigenvalue weighted by atomic mass is 79.9. The normalized spacial score (nSPS) is 17.2. The lowest BCUT2D eigenvalue weighted by Crippen LogP contribution is -2.01. The molecule has 4 nitrogen and oxygen atoms in total. The molecule has 2 aliphatic rings. The van der Waals surface area contributed by atoms with Crippen LogP contribution in [0.2, 0.25) is 0 Å². The van der Waals surface area contributed by atoms with E-state index in [0.717, 1.165) is 31.6 Å². The van der Waals surface area contributed by atoms with Crippen LogP contribution in [0.1, 0.15) is 49.2 Å². The van der Waals surface area contributed by atoms with Gasteiger partial charge in [0.15, 0.2) is 5.16 Å². The van der Waals surface area contributed by atoms with Crippen LogP contribution in [-0.4, -0.2) is 19.7 Å². The molecule has 3 aromatic rings. The maximum Gasteiger partial charge on any atom is 0.191 e. The highest BCUT2D eigenvalue weighted by molar-refractivity contribution is 9.10. The van der Waals surface area contributed by atoms with E-state index in [0.29, 0.717) is 12.0 Å². The van der Waals surface area contributed by atoms with Crippen molar-refractivity contribution in [3.05, 3.63) is 45.6 Å². The minimum atomic E-state index is 0.640. The fourth-order valence-corrected chi connectivity index (χ4v) is 5.18. The summed E-state index contributed by atoms with van der Waals surface area (Å²) in [5, 5.41) is 13.3. The van der Waals surface area contributed by atoms with Crippen molar-refractivity contribution in [1.82, 2.24) is 19.7 Å². The summed E-state index contributed by atoms with van der Waals surface area (Å²) in [5.74, 6) is 2.72.